The van der Waals surface area contributed by atoms with Crippen molar-refractivity contribution in [1.82, 2.24) is 0 Å². The number of carbonyl (C=O) groups excluding carboxylic acids is 2. The number of ether oxygens (including phenoxy) is 2. The zero-order chi connectivity index (χ0) is 66.5. The highest BCUT2D eigenvalue weighted by Crippen LogP contribution is 2.43. The van der Waals surface area contributed by atoms with Gasteiger partial charge in [0.05, 0.1) is 13.2 Å². The maximum Gasteiger partial charge on any atom is 0.472 e. The van der Waals surface area contributed by atoms with E-state index in [-0.39, 0.29) is 38.6 Å². The van der Waals surface area contributed by atoms with Crippen molar-refractivity contribution < 1.29 is 37.6 Å². The Kier molecular flexibility index (Phi) is 75.8. The molecule has 540 valence electrons. The highest BCUT2D eigenvalue weighted by molar-refractivity contribution is 7.47. The van der Waals surface area contributed by atoms with Crippen molar-refractivity contribution in [2.45, 2.75) is 424 Å². The SMILES string of the molecule is CC/C=C\C/C=C\C/C=C\C/C=C\C/C=C\CCCCCCCCCCCCCCCCCC(=O)OC(COC(=O)CCCCCCCCCCCCCCCCCCCCCCCCCCCCCCCCCCCCCCCCCC)COP(=O)(O)OCCN. The molecule has 0 aliphatic rings. The van der Waals surface area contributed by atoms with E-state index in [0.29, 0.717) is 6.42 Å². The van der Waals surface area contributed by atoms with Gasteiger partial charge in [-0.3, -0.25) is 18.6 Å². The molecule has 3 N–H and O–H groups in total. The van der Waals surface area contributed by atoms with E-state index < -0.39 is 26.5 Å². The number of nitrogens with two attached hydrogens (primary N) is 1. The van der Waals surface area contributed by atoms with Crippen LogP contribution in [0, 0.1) is 0 Å². The molecular weight excluding hydrogens is 1160 g/mol. The van der Waals surface area contributed by atoms with E-state index in [0.717, 1.165) is 70.6 Å². The first-order chi connectivity index (χ1) is 45.3. The van der Waals surface area contributed by atoms with Crippen LogP contribution in [0.5, 0.6) is 0 Å². The third-order valence-corrected chi connectivity index (χ3v) is 19.2. The van der Waals surface area contributed by atoms with Crippen LogP contribution in [0.25, 0.3) is 0 Å². The smallest absolute Gasteiger partial charge is 0.462 e. The molecule has 0 aromatic rings. The fourth-order valence-corrected chi connectivity index (χ4v) is 13.0. The van der Waals surface area contributed by atoms with Gasteiger partial charge < -0.3 is 20.1 Å². The van der Waals surface area contributed by atoms with Gasteiger partial charge in [-0.15, -0.1) is 0 Å². The van der Waals surface area contributed by atoms with Crippen LogP contribution < -0.4 is 5.73 Å². The second kappa shape index (κ2) is 77.7. The fraction of sp³-hybridized carbons (Fsp3) is 0.854. The molecule has 0 amide bonds. The van der Waals surface area contributed by atoms with Crippen molar-refractivity contribution in [2.75, 3.05) is 26.4 Å². The van der Waals surface area contributed by atoms with Crippen molar-refractivity contribution in [2.24, 2.45) is 5.73 Å². The van der Waals surface area contributed by atoms with E-state index in [1.165, 1.54) is 315 Å². The van der Waals surface area contributed by atoms with Gasteiger partial charge in [0.2, 0.25) is 0 Å². The largest absolute Gasteiger partial charge is 0.472 e. The number of unbranched alkanes of at least 4 members (excludes halogenated alkanes) is 54. The number of allylic oxidation sites excluding steroid dienone is 10. The van der Waals surface area contributed by atoms with Crippen molar-refractivity contribution in [3.8, 4) is 0 Å². The van der Waals surface area contributed by atoms with E-state index in [9.17, 15) is 19.0 Å². The highest BCUT2D eigenvalue weighted by atomic mass is 31.2. The quantitative estimate of drug-likeness (QED) is 0.0264. The average molecular weight is 1310 g/mol. The Bertz CT molecular complexity index is 1700. The number of hydrogen-bond acceptors (Lipinski definition) is 8. The van der Waals surface area contributed by atoms with Crippen LogP contribution in [0.2, 0.25) is 0 Å². The van der Waals surface area contributed by atoms with Gasteiger partial charge in [0.15, 0.2) is 6.10 Å². The van der Waals surface area contributed by atoms with Crippen molar-refractivity contribution in [3.63, 3.8) is 0 Å². The summed E-state index contributed by atoms with van der Waals surface area (Å²) in [6.45, 7) is 3.71. The molecule has 0 aliphatic carbocycles. The Morgan fingerprint density at radius 3 is 0.891 bits per heavy atom. The monoisotopic (exact) mass is 1310 g/mol. The minimum absolute atomic E-state index is 0.0543. The number of esters is 2. The maximum absolute atomic E-state index is 12.8. The second-order valence-electron chi connectivity index (χ2n) is 27.3. The maximum atomic E-state index is 12.8. The van der Waals surface area contributed by atoms with E-state index in [2.05, 4.69) is 74.6 Å². The van der Waals surface area contributed by atoms with Crippen LogP contribution in [0.4, 0.5) is 0 Å². The first kappa shape index (κ1) is 89.7. The summed E-state index contributed by atoms with van der Waals surface area (Å²) in [5.41, 5.74) is 5.41. The molecule has 92 heavy (non-hydrogen) atoms. The second-order valence-corrected chi connectivity index (χ2v) is 28.7. The van der Waals surface area contributed by atoms with Crippen LogP contribution in [0.3, 0.4) is 0 Å². The standard InChI is InChI=1S/C82H154NO8P/c1-3-5-7-9-11-13-15-17-19-21-23-25-27-29-31-33-35-36-37-38-39-40-41-42-43-45-46-48-50-52-54-56-58-60-62-64-66-68-70-72-74-81(84)88-78-80(79-90-92(86,87)89-77-76-83)91-82(85)75-73-71-69-67-65-63-61-59-57-55-53-51-49-47-44-34-32-30-28-26-24-22-20-18-16-14-12-10-8-6-4-2/h6,8,12,14,18,20,24,26,30,32,80H,3-5,7,9-11,13,15-17,19,21-23,25,27-29,31,33-79,83H2,1-2H3,(H,86,87)/b8-6-,14-12-,20-18-,26-24-,32-30-. The Hall–Kier alpha value is -2.29. The minimum Gasteiger partial charge on any atom is -0.462 e. The van der Waals surface area contributed by atoms with Gasteiger partial charge in [-0.25, -0.2) is 4.57 Å². The molecule has 0 radical (unpaired) electrons. The third-order valence-electron chi connectivity index (χ3n) is 18.2. The summed E-state index contributed by atoms with van der Waals surface area (Å²) in [5, 5.41) is 0. The summed E-state index contributed by atoms with van der Waals surface area (Å²) in [4.78, 5) is 35.5. The van der Waals surface area contributed by atoms with Gasteiger partial charge in [0, 0.05) is 19.4 Å². The molecule has 0 spiro atoms. The summed E-state index contributed by atoms with van der Waals surface area (Å²) < 4.78 is 33.3. The van der Waals surface area contributed by atoms with E-state index >= 15 is 0 Å². The van der Waals surface area contributed by atoms with E-state index in [1.807, 2.05) is 0 Å². The Morgan fingerprint density at radius 1 is 0.337 bits per heavy atom. The van der Waals surface area contributed by atoms with Crippen LogP contribution >= 0.6 is 7.82 Å². The summed E-state index contributed by atoms with van der Waals surface area (Å²) in [6, 6.07) is 0. The van der Waals surface area contributed by atoms with E-state index in [4.69, 9.17) is 24.3 Å². The lowest BCUT2D eigenvalue weighted by Gasteiger charge is -2.19. The molecule has 0 aliphatic heterocycles. The Labute approximate surface area is 571 Å². The van der Waals surface area contributed by atoms with Gasteiger partial charge in [-0.1, -0.05) is 408 Å². The Morgan fingerprint density at radius 2 is 0.598 bits per heavy atom. The van der Waals surface area contributed by atoms with E-state index in [1.54, 1.807) is 0 Å². The summed E-state index contributed by atoms with van der Waals surface area (Å²) in [7, 11) is -4.40. The van der Waals surface area contributed by atoms with Gasteiger partial charge >= 0.3 is 19.8 Å². The number of phosphoric ester groups is 1. The molecule has 9 nitrogen and oxygen atoms in total. The number of carbonyl (C=O) groups is 2. The molecule has 0 saturated carbocycles. The lowest BCUT2D eigenvalue weighted by Crippen LogP contribution is -2.29. The summed E-state index contributed by atoms with van der Waals surface area (Å²) in [5.74, 6) is -0.807. The average Bonchev–Trinajstić information content (AvgIpc) is 3.54. The lowest BCUT2D eigenvalue weighted by molar-refractivity contribution is -0.161. The predicted octanol–water partition coefficient (Wildman–Crippen LogP) is 26.9. The van der Waals surface area contributed by atoms with Crippen molar-refractivity contribution in [3.05, 3.63) is 60.8 Å². The first-order valence-electron chi connectivity index (χ1n) is 40.3. The van der Waals surface area contributed by atoms with Gasteiger partial charge in [-0.2, -0.15) is 0 Å². The topological polar surface area (TPSA) is 134 Å². The molecule has 2 unspecified atom stereocenters. The van der Waals surface area contributed by atoms with Crippen molar-refractivity contribution >= 4 is 19.8 Å². The first-order valence-corrected chi connectivity index (χ1v) is 41.8. The van der Waals surface area contributed by atoms with Crippen LogP contribution in [-0.2, 0) is 32.7 Å². The van der Waals surface area contributed by atoms with Crippen LogP contribution in [0.15, 0.2) is 60.8 Å². The molecule has 0 aromatic carbocycles. The van der Waals surface area contributed by atoms with Crippen molar-refractivity contribution in [1.29, 1.82) is 0 Å². The molecule has 0 aromatic heterocycles. The van der Waals surface area contributed by atoms with Gasteiger partial charge in [-0.05, 0) is 57.8 Å². The number of hydrogen-bond donors (Lipinski definition) is 2. The molecule has 0 heterocycles. The van der Waals surface area contributed by atoms with Gasteiger partial charge in [0.1, 0.15) is 6.61 Å². The third kappa shape index (κ3) is 76.7. The fourth-order valence-electron chi connectivity index (χ4n) is 12.3. The zero-order valence-electron chi connectivity index (χ0n) is 61.1. The molecule has 0 fully saturated rings. The molecule has 0 rings (SSSR count). The number of rotatable bonds is 77. The summed E-state index contributed by atoms with van der Waals surface area (Å²) >= 11 is 0. The van der Waals surface area contributed by atoms with Gasteiger partial charge in [0.25, 0.3) is 0 Å². The number of phosphoric acid groups is 1. The predicted molar refractivity (Wildman–Crippen MR) is 400 cm³/mol. The lowest BCUT2D eigenvalue weighted by atomic mass is 10.0. The Balaban J connectivity index is 3.74. The normalized spacial score (nSPS) is 13.1. The highest BCUT2D eigenvalue weighted by Gasteiger charge is 2.26. The minimum atomic E-state index is -4.40. The zero-order valence-corrected chi connectivity index (χ0v) is 62.0. The molecule has 0 saturated heterocycles. The summed E-state index contributed by atoms with van der Waals surface area (Å²) in [6.07, 6.45) is 102. The molecule has 2 atom stereocenters. The van der Waals surface area contributed by atoms with Crippen LogP contribution in [-0.4, -0.2) is 49.3 Å². The molecule has 0 bridgehead atoms. The molecule has 10 heteroatoms. The van der Waals surface area contributed by atoms with Crippen LogP contribution in [0.1, 0.15) is 418 Å². The molecular formula is C82H154NO8P.